The lowest BCUT2D eigenvalue weighted by atomic mass is 10.2. The second-order valence-electron chi connectivity index (χ2n) is 4.62. The molecule has 0 unspecified atom stereocenters. The summed E-state index contributed by atoms with van der Waals surface area (Å²) in [6, 6.07) is 10.2. The summed E-state index contributed by atoms with van der Waals surface area (Å²) in [6.07, 6.45) is 4.93. The van der Waals surface area contributed by atoms with Crippen molar-refractivity contribution in [3.63, 3.8) is 0 Å². The maximum atomic E-state index is 9.09. The van der Waals surface area contributed by atoms with Crippen molar-refractivity contribution in [2.24, 2.45) is 0 Å². The molecule has 1 aliphatic rings. The lowest BCUT2D eigenvalue weighted by Crippen LogP contribution is -2.42. The van der Waals surface area contributed by atoms with E-state index in [-0.39, 0.29) is 0 Å². The number of nitrogens with one attached hydrogen (secondary N) is 1. The van der Waals surface area contributed by atoms with Crippen LogP contribution >= 0.6 is 12.2 Å². The Bertz CT molecular complexity index is 472. The quantitative estimate of drug-likeness (QED) is 0.829. The highest BCUT2D eigenvalue weighted by Crippen LogP contribution is 2.21. The molecule has 0 atom stereocenters. The molecule has 0 aliphatic heterocycles. The summed E-state index contributed by atoms with van der Waals surface area (Å²) in [5.74, 6) is 0. The van der Waals surface area contributed by atoms with E-state index in [1.54, 1.807) is 0 Å². The van der Waals surface area contributed by atoms with Gasteiger partial charge in [0.25, 0.3) is 0 Å². The van der Waals surface area contributed by atoms with E-state index in [1.807, 2.05) is 36.2 Å². The Labute approximate surface area is 113 Å². The minimum absolute atomic E-state index is 0.495. The zero-order chi connectivity index (χ0) is 13.0. The fraction of sp³-hybridized carbons (Fsp3) is 0.429. The largest absolute Gasteiger partial charge is 0.360 e. The first-order valence-electron chi connectivity index (χ1n) is 6.25. The van der Waals surface area contributed by atoms with Crippen molar-refractivity contribution in [2.45, 2.75) is 31.7 Å². The molecule has 1 saturated carbocycles. The van der Waals surface area contributed by atoms with Crippen molar-refractivity contribution in [3.05, 3.63) is 29.8 Å². The third-order valence-corrected chi connectivity index (χ3v) is 3.76. The van der Waals surface area contributed by atoms with Crippen molar-refractivity contribution < 1.29 is 0 Å². The Hall–Kier alpha value is -1.60. The van der Waals surface area contributed by atoms with Crippen LogP contribution in [0.15, 0.2) is 24.3 Å². The molecule has 0 bridgehead atoms. The predicted molar refractivity (Wildman–Crippen MR) is 77.5 cm³/mol. The van der Waals surface area contributed by atoms with Crippen molar-refractivity contribution in [1.82, 2.24) is 5.32 Å². The second kappa shape index (κ2) is 5.83. The van der Waals surface area contributed by atoms with Gasteiger partial charge < -0.3 is 10.2 Å². The van der Waals surface area contributed by atoms with E-state index in [1.165, 1.54) is 25.7 Å². The van der Waals surface area contributed by atoms with E-state index in [9.17, 15) is 0 Å². The highest BCUT2D eigenvalue weighted by atomic mass is 32.1. The summed E-state index contributed by atoms with van der Waals surface area (Å²) < 4.78 is 0. The maximum absolute atomic E-state index is 9.09. The van der Waals surface area contributed by atoms with Crippen LogP contribution < -0.4 is 10.2 Å². The average molecular weight is 259 g/mol. The molecular formula is C14H17N3S. The van der Waals surface area contributed by atoms with Crippen LogP contribution in [0.3, 0.4) is 0 Å². The summed E-state index contributed by atoms with van der Waals surface area (Å²) >= 11 is 5.41. The smallest absolute Gasteiger partial charge is 0.173 e. The van der Waals surface area contributed by atoms with Gasteiger partial charge in [0.1, 0.15) is 6.07 Å². The molecule has 1 aromatic rings. The van der Waals surface area contributed by atoms with Gasteiger partial charge in [-0.3, -0.25) is 0 Å². The minimum Gasteiger partial charge on any atom is -0.360 e. The lowest BCUT2D eigenvalue weighted by Gasteiger charge is -2.24. The van der Waals surface area contributed by atoms with Crippen molar-refractivity contribution >= 4 is 23.0 Å². The molecule has 0 spiro atoms. The standard InChI is InChI=1S/C14H17N3S/c1-17(13-9-5-2-6-11(13)10-15)14(18)16-12-7-3-4-8-12/h2,5-6,9,12H,3-4,7-8H2,1H3,(H,16,18). The SMILES string of the molecule is CN(C(=S)NC1CCCC1)c1ccccc1C#N. The predicted octanol–water partition coefficient (Wildman–Crippen LogP) is 2.81. The second-order valence-corrected chi connectivity index (χ2v) is 5.01. The van der Waals surface area contributed by atoms with E-state index in [4.69, 9.17) is 17.5 Å². The Morgan fingerprint density at radius 1 is 1.39 bits per heavy atom. The van der Waals surface area contributed by atoms with Crippen LogP contribution in [0.2, 0.25) is 0 Å². The van der Waals surface area contributed by atoms with E-state index < -0.39 is 0 Å². The monoisotopic (exact) mass is 259 g/mol. The molecule has 1 N–H and O–H groups in total. The first-order valence-corrected chi connectivity index (χ1v) is 6.66. The molecule has 0 heterocycles. The van der Waals surface area contributed by atoms with Crippen LogP contribution in [0, 0.1) is 11.3 Å². The highest BCUT2D eigenvalue weighted by Gasteiger charge is 2.18. The molecule has 1 fully saturated rings. The Kier molecular flexibility index (Phi) is 4.16. The summed E-state index contributed by atoms with van der Waals surface area (Å²) in [5.41, 5.74) is 1.51. The van der Waals surface area contributed by atoms with Gasteiger partial charge in [-0.1, -0.05) is 25.0 Å². The minimum atomic E-state index is 0.495. The molecule has 4 heteroatoms. The molecule has 0 aromatic heterocycles. The number of thiocarbonyl (C=S) groups is 1. The Morgan fingerprint density at radius 2 is 2.06 bits per heavy atom. The maximum Gasteiger partial charge on any atom is 0.173 e. The van der Waals surface area contributed by atoms with Crippen LogP contribution in [-0.2, 0) is 0 Å². The van der Waals surface area contributed by atoms with E-state index in [0.717, 1.165) is 5.69 Å². The highest BCUT2D eigenvalue weighted by molar-refractivity contribution is 7.80. The number of benzene rings is 1. The Balaban J connectivity index is 2.08. The van der Waals surface area contributed by atoms with Gasteiger partial charge in [-0.15, -0.1) is 0 Å². The number of nitrogens with zero attached hydrogens (tertiary/aromatic N) is 2. The van der Waals surface area contributed by atoms with E-state index in [0.29, 0.717) is 16.7 Å². The normalized spacial score (nSPS) is 15.1. The van der Waals surface area contributed by atoms with Crippen LogP contribution in [0.25, 0.3) is 0 Å². The van der Waals surface area contributed by atoms with Gasteiger partial charge in [0.05, 0.1) is 11.3 Å². The first-order chi connectivity index (χ1) is 8.72. The molecule has 0 amide bonds. The van der Waals surface area contributed by atoms with Gasteiger partial charge in [-0.2, -0.15) is 5.26 Å². The van der Waals surface area contributed by atoms with Crippen LogP contribution in [0.5, 0.6) is 0 Å². The van der Waals surface area contributed by atoms with Gasteiger partial charge in [0, 0.05) is 13.1 Å². The first kappa shape index (κ1) is 12.8. The van der Waals surface area contributed by atoms with Gasteiger partial charge >= 0.3 is 0 Å². The summed E-state index contributed by atoms with van der Waals surface area (Å²) in [4.78, 5) is 1.88. The van der Waals surface area contributed by atoms with Gasteiger partial charge in [-0.05, 0) is 37.2 Å². The molecular weight excluding hydrogens is 242 g/mol. The third-order valence-electron chi connectivity index (χ3n) is 3.37. The molecule has 0 saturated heterocycles. The average Bonchev–Trinajstić information content (AvgIpc) is 2.90. The van der Waals surface area contributed by atoms with Gasteiger partial charge in [0.15, 0.2) is 5.11 Å². The van der Waals surface area contributed by atoms with E-state index in [2.05, 4.69) is 11.4 Å². The van der Waals surface area contributed by atoms with Gasteiger partial charge in [-0.25, -0.2) is 0 Å². The molecule has 3 nitrogen and oxygen atoms in total. The topological polar surface area (TPSA) is 39.1 Å². The fourth-order valence-corrected chi connectivity index (χ4v) is 2.58. The zero-order valence-corrected chi connectivity index (χ0v) is 11.3. The summed E-state index contributed by atoms with van der Waals surface area (Å²) in [6.45, 7) is 0. The molecule has 18 heavy (non-hydrogen) atoms. The summed E-state index contributed by atoms with van der Waals surface area (Å²) in [5, 5.41) is 13.2. The van der Waals surface area contributed by atoms with Crippen LogP contribution in [0.4, 0.5) is 5.69 Å². The molecule has 1 aliphatic carbocycles. The Morgan fingerprint density at radius 3 is 2.72 bits per heavy atom. The molecule has 2 rings (SSSR count). The number of anilines is 1. The van der Waals surface area contributed by atoms with E-state index >= 15 is 0 Å². The fourth-order valence-electron chi connectivity index (χ4n) is 2.31. The molecule has 1 aromatic carbocycles. The zero-order valence-electron chi connectivity index (χ0n) is 10.5. The summed E-state index contributed by atoms with van der Waals surface area (Å²) in [7, 11) is 1.90. The molecule has 0 radical (unpaired) electrons. The number of nitriles is 1. The number of para-hydroxylation sites is 1. The van der Waals surface area contributed by atoms with Gasteiger partial charge in [0.2, 0.25) is 0 Å². The lowest BCUT2D eigenvalue weighted by molar-refractivity contribution is 0.630. The van der Waals surface area contributed by atoms with Crippen LogP contribution in [0.1, 0.15) is 31.2 Å². The van der Waals surface area contributed by atoms with Crippen molar-refractivity contribution in [3.8, 4) is 6.07 Å². The third kappa shape index (κ3) is 2.80. The number of rotatable bonds is 2. The number of hydrogen-bond donors (Lipinski definition) is 1. The van der Waals surface area contributed by atoms with Crippen molar-refractivity contribution in [1.29, 1.82) is 5.26 Å². The molecule has 94 valence electrons. The van der Waals surface area contributed by atoms with Crippen molar-refractivity contribution in [2.75, 3.05) is 11.9 Å². The number of hydrogen-bond acceptors (Lipinski definition) is 2. The van der Waals surface area contributed by atoms with Crippen LogP contribution in [-0.4, -0.2) is 18.2 Å².